The first-order valence-electron chi connectivity index (χ1n) is 4.05. The predicted molar refractivity (Wildman–Crippen MR) is 50.4 cm³/mol. The highest BCUT2D eigenvalue weighted by Gasteiger charge is 2.15. The van der Waals surface area contributed by atoms with E-state index in [1.807, 2.05) is 0 Å². The molecule has 0 atom stereocenters. The highest BCUT2D eigenvalue weighted by atomic mass is 16.5. The van der Waals surface area contributed by atoms with Gasteiger partial charge in [-0.2, -0.15) is 0 Å². The molecule has 0 bridgehead atoms. The van der Waals surface area contributed by atoms with Gasteiger partial charge in [0.1, 0.15) is 17.1 Å². The first kappa shape index (κ1) is 10.3. The normalized spacial score (nSPS) is 9.86. The van der Waals surface area contributed by atoms with Crippen LogP contribution in [0.5, 0.6) is 0 Å². The summed E-state index contributed by atoms with van der Waals surface area (Å²) in [6, 6.07) is 1.54. The average molecular weight is 196 g/mol. The summed E-state index contributed by atoms with van der Waals surface area (Å²) in [5.41, 5.74) is 5.58. The fraction of sp³-hybridized carbons (Fsp3) is 0.333. The first-order chi connectivity index (χ1) is 6.54. The number of esters is 1. The lowest BCUT2D eigenvalue weighted by Crippen LogP contribution is -2.12. The molecule has 1 aromatic heterocycles. The van der Waals surface area contributed by atoms with Crippen molar-refractivity contribution in [3.8, 4) is 0 Å². The molecule has 0 aliphatic carbocycles. The van der Waals surface area contributed by atoms with Crippen molar-refractivity contribution in [2.45, 2.75) is 13.3 Å². The van der Waals surface area contributed by atoms with Crippen LogP contribution in [0.3, 0.4) is 0 Å². The summed E-state index contributed by atoms with van der Waals surface area (Å²) in [4.78, 5) is 11.2. The van der Waals surface area contributed by atoms with Crippen molar-refractivity contribution >= 4 is 11.8 Å². The first-order valence-corrected chi connectivity index (χ1v) is 4.05. The van der Waals surface area contributed by atoms with E-state index in [0.29, 0.717) is 17.1 Å². The highest BCUT2D eigenvalue weighted by molar-refractivity contribution is 5.91. The lowest BCUT2D eigenvalue weighted by Gasteiger charge is -1.93. The number of hydrogen-bond acceptors (Lipinski definition) is 4. The Bertz CT molecular complexity index is 368. The molecular formula is C9H12N2O3. The molecule has 5 heteroatoms. The number of nitrogens with two attached hydrogens (primary N) is 1. The molecule has 0 saturated heterocycles. The number of rotatable bonds is 3. The van der Waals surface area contributed by atoms with Crippen molar-refractivity contribution in [2.24, 2.45) is 5.73 Å². The van der Waals surface area contributed by atoms with Gasteiger partial charge in [-0.3, -0.25) is 5.41 Å². The number of carbonyl (C=O) groups is 1. The molecule has 5 nitrogen and oxygen atoms in total. The third-order valence-corrected chi connectivity index (χ3v) is 1.74. The second kappa shape index (κ2) is 3.95. The molecule has 0 saturated carbocycles. The quantitative estimate of drug-likeness (QED) is 0.426. The maximum Gasteiger partial charge on any atom is 0.341 e. The molecule has 0 amide bonds. The van der Waals surface area contributed by atoms with E-state index in [0.717, 1.165) is 0 Å². The van der Waals surface area contributed by atoms with Crippen molar-refractivity contribution in [1.82, 2.24) is 0 Å². The van der Waals surface area contributed by atoms with Gasteiger partial charge in [0, 0.05) is 0 Å². The van der Waals surface area contributed by atoms with E-state index in [2.05, 4.69) is 4.74 Å². The van der Waals surface area contributed by atoms with Crippen LogP contribution in [0.2, 0.25) is 0 Å². The fourth-order valence-electron chi connectivity index (χ4n) is 1.13. The summed E-state index contributed by atoms with van der Waals surface area (Å²) in [6.45, 7) is 1.66. The molecule has 76 valence electrons. The maximum absolute atomic E-state index is 11.2. The van der Waals surface area contributed by atoms with E-state index in [-0.39, 0.29) is 12.3 Å². The van der Waals surface area contributed by atoms with Gasteiger partial charge in [0.2, 0.25) is 0 Å². The lowest BCUT2D eigenvalue weighted by molar-refractivity contribution is 0.0599. The Hall–Kier alpha value is -1.78. The van der Waals surface area contributed by atoms with Gasteiger partial charge in [-0.15, -0.1) is 0 Å². The van der Waals surface area contributed by atoms with E-state index in [1.165, 1.54) is 7.11 Å². The van der Waals surface area contributed by atoms with Crippen LogP contribution in [-0.2, 0) is 11.2 Å². The zero-order valence-corrected chi connectivity index (χ0v) is 8.09. The summed E-state index contributed by atoms with van der Waals surface area (Å²) < 4.78 is 9.78. The molecule has 1 aromatic rings. The zero-order chi connectivity index (χ0) is 10.7. The maximum atomic E-state index is 11.2. The van der Waals surface area contributed by atoms with E-state index < -0.39 is 5.97 Å². The summed E-state index contributed by atoms with van der Waals surface area (Å²) in [6.07, 6.45) is 0.206. The van der Waals surface area contributed by atoms with E-state index in [4.69, 9.17) is 15.6 Å². The Morgan fingerprint density at radius 1 is 1.71 bits per heavy atom. The number of amidine groups is 1. The molecule has 0 spiro atoms. The SMILES string of the molecule is COC(=O)c1cc(CC(=N)N)oc1C. The van der Waals surface area contributed by atoms with Crippen LogP contribution in [0.15, 0.2) is 10.5 Å². The predicted octanol–water partition coefficient (Wildman–Crippen LogP) is 0.853. The highest BCUT2D eigenvalue weighted by Crippen LogP contribution is 2.15. The number of methoxy groups -OCH3 is 1. The van der Waals surface area contributed by atoms with Gasteiger partial charge in [-0.1, -0.05) is 0 Å². The minimum atomic E-state index is -0.443. The smallest absolute Gasteiger partial charge is 0.341 e. The average Bonchev–Trinajstić information content (AvgIpc) is 2.44. The third kappa shape index (κ3) is 2.12. The molecular weight excluding hydrogens is 184 g/mol. The van der Waals surface area contributed by atoms with Crippen LogP contribution in [0, 0.1) is 12.3 Å². The Labute approximate surface area is 81.4 Å². The van der Waals surface area contributed by atoms with Crippen LogP contribution in [0.25, 0.3) is 0 Å². The Kier molecular flexibility index (Phi) is 2.91. The molecule has 0 aromatic carbocycles. The number of aryl methyl sites for hydroxylation is 1. The van der Waals surface area contributed by atoms with Gasteiger partial charge in [0.25, 0.3) is 0 Å². The van der Waals surface area contributed by atoms with E-state index >= 15 is 0 Å². The van der Waals surface area contributed by atoms with Crippen molar-refractivity contribution in [2.75, 3.05) is 7.11 Å². The van der Waals surface area contributed by atoms with Crippen molar-refractivity contribution in [3.05, 3.63) is 23.2 Å². The van der Waals surface area contributed by atoms with Gasteiger partial charge >= 0.3 is 5.97 Å². The monoisotopic (exact) mass is 196 g/mol. The van der Waals surface area contributed by atoms with E-state index in [9.17, 15) is 4.79 Å². The minimum Gasteiger partial charge on any atom is -0.465 e. The second-order valence-electron chi connectivity index (χ2n) is 2.88. The number of ether oxygens (including phenoxy) is 1. The van der Waals surface area contributed by atoms with Crippen LogP contribution in [0.1, 0.15) is 21.9 Å². The molecule has 0 radical (unpaired) electrons. The number of nitrogens with one attached hydrogen (secondary N) is 1. The molecule has 0 aliphatic heterocycles. The fourth-order valence-corrected chi connectivity index (χ4v) is 1.13. The van der Waals surface area contributed by atoms with Crippen LogP contribution >= 0.6 is 0 Å². The van der Waals surface area contributed by atoms with Crippen LogP contribution in [-0.4, -0.2) is 18.9 Å². The van der Waals surface area contributed by atoms with Gasteiger partial charge in [-0.25, -0.2) is 4.79 Å². The molecule has 1 heterocycles. The molecule has 1 rings (SSSR count). The molecule has 0 unspecified atom stereocenters. The van der Waals surface area contributed by atoms with Gasteiger partial charge in [0.15, 0.2) is 0 Å². The summed E-state index contributed by atoms with van der Waals surface area (Å²) in [5, 5.41) is 7.07. The Morgan fingerprint density at radius 2 is 2.36 bits per heavy atom. The van der Waals surface area contributed by atoms with Crippen LogP contribution < -0.4 is 5.73 Å². The lowest BCUT2D eigenvalue weighted by atomic mass is 10.2. The van der Waals surface area contributed by atoms with Crippen molar-refractivity contribution in [3.63, 3.8) is 0 Å². The molecule has 0 aliphatic rings. The number of carbonyl (C=O) groups excluding carboxylic acids is 1. The summed E-state index contributed by atoms with van der Waals surface area (Å²) in [7, 11) is 1.30. The van der Waals surface area contributed by atoms with Crippen molar-refractivity contribution < 1.29 is 13.9 Å². The Balaban J connectivity index is 2.93. The summed E-state index contributed by atoms with van der Waals surface area (Å²) in [5.74, 6) is 0.528. The molecule has 14 heavy (non-hydrogen) atoms. The second-order valence-corrected chi connectivity index (χ2v) is 2.88. The van der Waals surface area contributed by atoms with E-state index in [1.54, 1.807) is 13.0 Å². The minimum absolute atomic E-state index is 0.00448. The standard InChI is InChI=1S/C9H12N2O3/c1-5-7(9(12)13-2)3-6(14-5)4-8(10)11/h3H,4H2,1-2H3,(H3,10,11). The van der Waals surface area contributed by atoms with Gasteiger partial charge < -0.3 is 14.9 Å². The molecule has 0 fully saturated rings. The Morgan fingerprint density at radius 3 is 2.86 bits per heavy atom. The van der Waals surface area contributed by atoms with Gasteiger partial charge in [0.05, 0.1) is 19.4 Å². The van der Waals surface area contributed by atoms with Crippen LogP contribution in [0.4, 0.5) is 0 Å². The zero-order valence-electron chi connectivity index (χ0n) is 8.09. The number of furan rings is 1. The topological polar surface area (TPSA) is 89.3 Å². The van der Waals surface area contributed by atoms with Gasteiger partial charge in [-0.05, 0) is 13.0 Å². The third-order valence-electron chi connectivity index (χ3n) is 1.74. The number of hydrogen-bond donors (Lipinski definition) is 2. The summed E-state index contributed by atoms with van der Waals surface area (Å²) >= 11 is 0. The molecule has 3 N–H and O–H groups in total. The largest absolute Gasteiger partial charge is 0.465 e. The van der Waals surface area contributed by atoms with Crippen molar-refractivity contribution in [1.29, 1.82) is 5.41 Å².